The first-order valence-electron chi connectivity index (χ1n) is 16.4. The molecule has 10 rings (SSSR count). The Bertz CT molecular complexity index is 2770. The van der Waals surface area contributed by atoms with Crippen molar-refractivity contribution < 1.29 is 0 Å². The summed E-state index contributed by atoms with van der Waals surface area (Å²) in [5, 5.41) is 12.6. The maximum absolute atomic E-state index is 2.51. The minimum absolute atomic E-state index is 1.17. The lowest BCUT2D eigenvalue weighted by Gasteiger charge is -2.29. The molecule has 0 unspecified atom stereocenters. The van der Waals surface area contributed by atoms with Crippen LogP contribution in [-0.4, -0.2) is 0 Å². The standard InChI is InChI=1S/C46H29NS/c1-4-19-33-30(13-1)16-9-24-36(33)38-25-12-28-44-45(38)40-29-43(37-22-7-8-23-39(37)46(40)48-44)47(41-26-10-17-31-14-2-5-20-34(31)41)42-27-11-18-32-15-3-6-21-35(32)42/h1-29H. The lowest BCUT2D eigenvalue weighted by Crippen LogP contribution is -2.11. The first-order valence-corrected chi connectivity index (χ1v) is 17.3. The second-order valence-corrected chi connectivity index (χ2v) is 13.5. The summed E-state index contributed by atoms with van der Waals surface area (Å²) in [5.41, 5.74) is 6.07. The monoisotopic (exact) mass is 627 g/mol. The predicted molar refractivity (Wildman–Crippen MR) is 209 cm³/mol. The summed E-state index contributed by atoms with van der Waals surface area (Å²) < 4.78 is 2.63. The van der Waals surface area contributed by atoms with Crippen LogP contribution < -0.4 is 4.90 Å². The average Bonchev–Trinajstić information content (AvgIpc) is 3.54. The van der Waals surface area contributed by atoms with Gasteiger partial charge in [0.15, 0.2) is 0 Å². The van der Waals surface area contributed by atoms with Crippen molar-refractivity contribution in [3.05, 3.63) is 176 Å². The molecule has 1 aromatic heterocycles. The van der Waals surface area contributed by atoms with Gasteiger partial charge < -0.3 is 4.90 Å². The van der Waals surface area contributed by atoms with Gasteiger partial charge in [0.2, 0.25) is 0 Å². The summed E-state index contributed by atoms with van der Waals surface area (Å²) >= 11 is 1.90. The van der Waals surface area contributed by atoms with E-state index in [0.29, 0.717) is 0 Å². The van der Waals surface area contributed by atoms with Crippen LogP contribution in [0.4, 0.5) is 17.1 Å². The summed E-state index contributed by atoms with van der Waals surface area (Å²) in [6.07, 6.45) is 0. The first-order chi connectivity index (χ1) is 23.8. The predicted octanol–water partition coefficient (Wildman–Crippen LogP) is 13.8. The van der Waals surface area contributed by atoms with Crippen LogP contribution in [-0.2, 0) is 0 Å². The molecule has 10 aromatic rings. The smallest absolute Gasteiger partial charge is 0.0547 e. The Morgan fingerprint density at radius 3 is 1.48 bits per heavy atom. The Balaban J connectivity index is 1.36. The van der Waals surface area contributed by atoms with E-state index in [1.807, 2.05) is 11.3 Å². The van der Waals surface area contributed by atoms with E-state index in [2.05, 4.69) is 181 Å². The average molecular weight is 628 g/mol. The Morgan fingerprint density at radius 1 is 0.333 bits per heavy atom. The fourth-order valence-corrected chi connectivity index (χ4v) is 8.94. The molecule has 0 fully saturated rings. The van der Waals surface area contributed by atoms with Crippen molar-refractivity contribution in [3.63, 3.8) is 0 Å². The number of anilines is 3. The minimum atomic E-state index is 1.17. The van der Waals surface area contributed by atoms with Crippen LogP contribution in [0.25, 0.3) is 74.4 Å². The van der Waals surface area contributed by atoms with Gasteiger partial charge in [0.25, 0.3) is 0 Å². The molecule has 0 spiro atoms. The number of hydrogen-bond acceptors (Lipinski definition) is 2. The molecule has 0 saturated heterocycles. The first kappa shape index (κ1) is 27.2. The Labute approximate surface area is 282 Å². The highest BCUT2D eigenvalue weighted by Crippen LogP contribution is 2.50. The molecule has 0 aliphatic carbocycles. The van der Waals surface area contributed by atoms with Crippen LogP contribution in [0.2, 0.25) is 0 Å². The topological polar surface area (TPSA) is 3.24 Å². The zero-order chi connectivity index (χ0) is 31.6. The van der Waals surface area contributed by atoms with E-state index in [0.717, 1.165) is 0 Å². The molecule has 9 aromatic carbocycles. The van der Waals surface area contributed by atoms with Gasteiger partial charge in [-0.25, -0.2) is 0 Å². The van der Waals surface area contributed by atoms with E-state index in [1.54, 1.807) is 0 Å². The molecule has 0 bridgehead atoms. The molecule has 224 valence electrons. The molecule has 0 radical (unpaired) electrons. The molecule has 48 heavy (non-hydrogen) atoms. The van der Waals surface area contributed by atoms with Gasteiger partial charge in [-0.3, -0.25) is 0 Å². The number of hydrogen-bond donors (Lipinski definition) is 0. The zero-order valence-electron chi connectivity index (χ0n) is 26.1. The van der Waals surface area contributed by atoms with Crippen LogP contribution in [0.5, 0.6) is 0 Å². The molecule has 1 nitrogen and oxygen atoms in total. The zero-order valence-corrected chi connectivity index (χ0v) is 26.9. The summed E-state index contributed by atoms with van der Waals surface area (Å²) in [7, 11) is 0. The van der Waals surface area contributed by atoms with Crippen LogP contribution in [0.15, 0.2) is 176 Å². The Kier molecular flexibility index (Phi) is 6.12. The van der Waals surface area contributed by atoms with Crippen molar-refractivity contribution in [3.8, 4) is 11.1 Å². The van der Waals surface area contributed by atoms with Crippen molar-refractivity contribution in [2.45, 2.75) is 0 Å². The van der Waals surface area contributed by atoms with Gasteiger partial charge in [-0.1, -0.05) is 152 Å². The fraction of sp³-hybridized carbons (Fsp3) is 0. The van der Waals surface area contributed by atoms with Crippen LogP contribution in [0, 0.1) is 0 Å². The minimum Gasteiger partial charge on any atom is -0.309 e. The summed E-state index contributed by atoms with van der Waals surface area (Å²) in [6, 6.07) is 64.5. The molecule has 0 saturated carbocycles. The molecule has 2 heteroatoms. The lowest BCUT2D eigenvalue weighted by molar-refractivity contribution is 1.33. The molecule has 0 aliphatic rings. The highest BCUT2D eigenvalue weighted by atomic mass is 32.1. The highest BCUT2D eigenvalue weighted by Gasteiger charge is 2.23. The third kappa shape index (κ3) is 4.10. The number of rotatable bonds is 4. The fourth-order valence-electron chi connectivity index (χ4n) is 7.69. The summed E-state index contributed by atoms with van der Waals surface area (Å²) in [4.78, 5) is 2.51. The van der Waals surface area contributed by atoms with Crippen LogP contribution >= 0.6 is 11.3 Å². The molecule has 1 heterocycles. The van der Waals surface area contributed by atoms with E-state index < -0.39 is 0 Å². The second kappa shape index (κ2) is 10.8. The molecular weight excluding hydrogens is 599 g/mol. The van der Waals surface area contributed by atoms with Gasteiger partial charge in [0.05, 0.1) is 17.1 Å². The van der Waals surface area contributed by atoms with Crippen molar-refractivity contribution in [1.29, 1.82) is 0 Å². The second-order valence-electron chi connectivity index (χ2n) is 12.5. The third-order valence-corrected chi connectivity index (χ3v) is 11.0. The normalized spacial score (nSPS) is 11.8. The van der Waals surface area contributed by atoms with E-state index in [-0.39, 0.29) is 0 Å². The highest BCUT2D eigenvalue weighted by molar-refractivity contribution is 7.26. The number of nitrogens with zero attached hydrogens (tertiary/aromatic N) is 1. The lowest BCUT2D eigenvalue weighted by atomic mass is 9.93. The third-order valence-electron chi connectivity index (χ3n) is 9.82. The van der Waals surface area contributed by atoms with E-state index in [4.69, 9.17) is 0 Å². The van der Waals surface area contributed by atoms with E-state index in [9.17, 15) is 0 Å². The SMILES string of the molecule is c1ccc2c(-c3cccc4sc5c6ccccc6c(N(c6cccc7ccccc67)c6cccc7ccccc67)cc5c34)cccc2c1. The van der Waals surface area contributed by atoms with Crippen LogP contribution in [0.3, 0.4) is 0 Å². The number of thiophene rings is 1. The van der Waals surface area contributed by atoms with Crippen molar-refractivity contribution in [2.24, 2.45) is 0 Å². The Hall–Kier alpha value is -5.96. The Morgan fingerprint density at radius 2 is 0.812 bits per heavy atom. The maximum Gasteiger partial charge on any atom is 0.0547 e. The molecule has 0 amide bonds. The van der Waals surface area contributed by atoms with Gasteiger partial charge >= 0.3 is 0 Å². The van der Waals surface area contributed by atoms with E-state index in [1.165, 1.54) is 91.5 Å². The van der Waals surface area contributed by atoms with E-state index >= 15 is 0 Å². The van der Waals surface area contributed by atoms with Gasteiger partial charge in [0, 0.05) is 41.7 Å². The summed E-state index contributed by atoms with van der Waals surface area (Å²) in [5.74, 6) is 0. The van der Waals surface area contributed by atoms with Gasteiger partial charge in [-0.05, 0) is 56.9 Å². The maximum atomic E-state index is 2.51. The molecule has 0 N–H and O–H groups in total. The molecule has 0 aliphatic heterocycles. The van der Waals surface area contributed by atoms with Crippen molar-refractivity contribution in [1.82, 2.24) is 0 Å². The number of fused-ring (bicyclic) bond motifs is 8. The largest absolute Gasteiger partial charge is 0.309 e. The molecule has 0 atom stereocenters. The van der Waals surface area contributed by atoms with Gasteiger partial charge in [-0.15, -0.1) is 11.3 Å². The van der Waals surface area contributed by atoms with Gasteiger partial charge in [-0.2, -0.15) is 0 Å². The van der Waals surface area contributed by atoms with Crippen LogP contribution in [0.1, 0.15) is 0 Å². The summed E-state index contributed by atoms with van der Waals surface area (Å²) in [6.45, 7) is 0. The quantitative estimate of drug-likeness (QED) is 0.188. The van der Waals surface area contributed by atoms with Crippen molar-refractivity contribution >= 4 is 91.7 Å². The number of benzene rings is 9. The van der Waals surface area contributed by atoms with Crippen molar-refractivity contribution in [2.75, 3.05) is 4.90 Å². The molecular formula is C46H29NS. The van der Waals surface area contributed by atoms with Gasteiger partial charge in [0.1, 0.15) is 0 Å².